The number of esters is 1. The first-order valence-electron chi connectivity index (χ1n) is 9.82. The Morgan fingerprint density at radius 3 is 2.41 bits per heavy atom. The first kappa shape index (κ1) is 22.6. The molecule has 0 unspecified atom stereocenters. The van der Waals surface area contributed by atoms with Crippen molar-refractivity contribution in [3.05, 3.63) is 89.8 Å². The smallest absolute Gasteiger partial charge is 0.331 e. The van der Waals surface area contributed by atoms with Crippen LogP contribution in [-0.4, -0.2) is 37.6 Å². The lowest BCUT2D eigenvalue weighted by molar-refractivity contribution is -0.136. The Kier molecular flexibility index (Phi) is 7.97. The third-order valence-corrected chi connectivity index (χ3v) is 4.46. The first-order valence-corrected chi connectivity index (χ1v) is 9.82. The average molecular weight is 433 g/mol. The first-order chi connectivity index (χ1) is 15.6. The van der Waals surface area contributed by atoms with E-state index in [1.807, 2.05) is 30.3 Å². The molecule has 0 N–H and O–H groups in total. The molecular weight excluding hydrogens is 410 g/mol. The molecule has 0 fully saturated rings. The van der Waals surface area contributed by atoms with Crippen molar-refractivity contribution in [2.24, 2.45) is 0 Å². The fraction of sp³-hybridized carbons (Fsp3) is 0.160. The van der Waals surface area contributed by atoms with Crippen LogP contribution in [0.2, 0.25) is 0 Å². The van der Waals surface area contributed by atoms with E-state index in [1.54, 1.807) is 42.6 Å². The van der Waals surface area contributed by atoms with E-state index >= 15 is 0 Å². The average Bonchev–Trinajstić information content (AvgIpc) is 2.85. The van der Waals surface area contributed by atoms with Crippen molar-refractivity contribution in [2.75, 3.05) is 20.8 Å². The van der Waals surface area contributed by atoms with Gasteiger partial charge in [0.05, 0.1) is 25.5 Å². The molecule has 0 spiro atoms. The largest absolute Gasteiger partial charge is 0.497 e. The fourth-order valence-corrected chi connectivity index (χ4v) is 2.77. The molecule has 164 valence electrons. The van der Waals surface area contributed by atoms with E-state index in [0.29, 0.717) is 29.4 Å². The number of methoxy groups -OCH3 is 2. The molecule has 0 bridgehead atoms. The SMILES string of the molecule is COc1ccc(C(=O)COC(=O)/C=C/c2ccc(OCc3ccccn3)cc2)c(OC)c1. The number of aromatic nitrogens is 1. The van der Waals surface area contributed by atoms with Crippen LogP contribution in [0.3, 0.4) is 0 Å². The minimum absolute atomic E-state index is 0.311. The predicted molar refractivity (Wildman–Crippen MR) is 119 cm³/mol. The number of nitrogens with zero attached hydrogens (tertiary/aromatic N) is 1. The van der Waals surface area contributed by atoms with Crippen LogP contribution in [0.25, 0.3) is 6.08 Å². The summed E-state index contributed by atoms with van der Waals surface area (Å²) in [5, 5.41) is 0. The summed E-state index contributed by atoms with van der Waals surface area (Å²) in [6.07, 6.45) is 4.58. The highest BCUT2D eigenvalue weighted by Gasteiger charge is 2.15. The van der Waals surface area contributed by atoms with Gasteiger partial charge in [-0.05, 0) is 48.0 Å². The van der Waals surface area contributed by atoms with E-state index < -0.39 is 12.6 Å². The van der Waals surface area contributed by atoms with Gasteiger partial charge in [-0.2, -0.15) is 0 Å². The molecule has 3 rings (SSSR count). The third-order valence-electron chi connectivity index (χ3n) is 4.46. The van der Waals surface area contributed by atoms with Gasteiger partial charge in [0.25, 0.3) is 0 Å². The summed E-state index contributed by atoms with van der Waals surface area (Å²) >= 11 is 0. The number of hydrogen-bond donors (Lipinski definition) is 0. The summed E-state index contributed by atoms with van der Waals surface area (Å²) in [6.45, 7) is -0.0263. The van der Waals surface area contributed by atoms with E-state index in [1.165, 1.54) is 20.3 Å². The highest BCUT2D eigenvalue weighted by atomic mass is 16.5. The number of ether oxygens (including phenoxy) is 4. The number of ketones is 1. The molecule has 7 heteroatoms. The topological polar surface area (TPSA) is 84.0 Å². The zero-order valence-corrected chi connectivity index (χ0v) is 17.8. The van der Waals surface area contributed by atoms with Crippen LogP contribution in [0.15, 0.2) is 72.9 Å². The lowest BCUT2D eigenvalue weighted by Gasteiger charge is -2.09. The highest BCUT2D eigenvalue weighted by molar-refractivity contribution is 6.01. The van der Waals surface area contributed by atoms with Crippen LogP contribution in [0.5, 0.6) is 17.2 Å². The standard InChI is InChI=1S/C25H23NO6/c1-29-21-11-12-22(24(15-21)30-2)23(27)17-32-25(28)13-8-18-6-9-20(10-7-18)31-16-19-5-3-4-14-26-19/h3-15H,16-17H2,1-2H3/b13-8+. The molecule has 0 aliphatic rings. The van der Waals surface area contributed by atoms with E-state index in [4.69, 9.17) is 18.9 Å². The Balaban J connectivity index is 1.49. The van der Waals surface area contributed by atoms with Crippen molar-refractivity contribution in [3.63, 3.8) is 0 Å². The Labute approximate surface area is 186 Å². The lowest BCUT2D eigenvalue weighted by Crippen LogP contribution is -2.13. The molecule has 0 aliphatic heterocycles. The highest BCUT2D eigenvalue weighted by Crippen LogP contribution is 2.25. The summed E-state index contributed by atoms with van der Waals surface area (Å²) in [4.78, 5) is 28.6. The molecule has 0 saturated heterocycles. The van der Waals surface area contributed by atoms with Gasteiger partial charge in [-0.15, -0.1) is 0 Å². The maximum absolute atomic E-state index is 12.4. The minimum Gasteiger partial charge on any atom is -0.497 e. The van der Waals surface area contributed by atoms with E-state index in [0.717, 1.165) is 11.3 Å². The zero-order chi connectivity index (χ0) is 22.8. The second-order valence-corrected chi connectivity index (χ2v) is 6.61. The second kappa shape index (κ2) is 11.3. The lowest BCUT2D eigenvalue weighted by atomic mass is 10.1. The number of Topliss-reactive ketones (excluding diaryl/α,β-unsaturated/α-hetero) is 1. The molecule has 0 atom stereocenters. The monoisotopic (exact) mass is 433 g/mol. The molecule has 0 saturated carbocycles. The van der Waals surface area contributed by atoms with Crippen molar-refractivity contribution in [2.45, 2.75) is 6.61 Å². The number of pyridine rings is 1. The quantitative estimate of drug-likeness (QED) is 0.270. The Bertz CT molecular complexity index is 1080. The van der Waals surface area contributed by atoms with Crippen LogP contribution in [0.4, 0.5) is 0 Å². The summed E-state index contributed by atoms with van der Waals surface area (Å²) < 4.78 is 21.0. The predicted octanol–water partition coefficient (Wildman–Crippen LogP) is 4.12. The van der Waals surface area contributed by atoms with Gasteiger partial charge in [0.1, 0.15) is 23.9 Å². The Morgan fingerprint density at radius 1 is 0.938 bits per heavy atom. The molecule has 3 aromatic rings. The van der Waals surface area contributed by atoms with Crippen molar-refractivity contribution in [1.29, 1.82) is 0 Å². The van der Waals surface area contributed by atoms with Gasteiger partial charge in [-0.25, -0.2) is 4.79 Å². The molecule has 0 radical (unpaired) electrons. The van der Waals surface area contributed by atoms with Gasteiger partial charge in [-0.3, -0.25) is 9.78 Å². The van der Waals surface area contributed by atoms with Gasteiger partial charge in [0.2, 0.25) is 5.78 Å². The van der Waals surface area contributed by atoms with Crippen LogP contribution in [-0.2, 0) is 16.1 Å². The molecular formula is C25H23NO6. The fourth-order valence-electron chi connectivity index (χ4n) is 2.77. The normalized spacial score (nSPS) is 10.6. The van der Waals surface area contributed by atoms with Crippen molar-refractivity contribution in [3.8, 4) is 17.2 Å². The molecule has 2 aromatic carbocycles. The molecule has 7 nitrogen and oxygen atoms in total. The third kappa shape index (κ3) is 6.43. The van der Waals surface area contributed by atoms with Gasteiger partial charge < -0.3 is 18.9 Å². The van der Waals surface area contributed by atoms with Crippen LogP contribution in [0, 0.1) is 0 Å². The van der Waals surface area contributed by atoms with Gasteiger partial charge >= 0.3 is 5.97 Å². The number of carbonyl (C=O) groups excluding carboxylic acids is 2. The Morgan fingerprint density at radius 2 is 1.72 bits per heavy atom. The van der Waals surface area contributed by atoms with Gasteiger partial charge in [-0.1, -0.05) is 18.2 Å². The summed E-state index contributed by atoms with van der Waals surface area (Å²) in [7, 11) is 2.97. The summed E-state index contributed by atoms with van der Waals surface area (Å²) in [6, 6.07) is 17.7. The summed E-state index contributed by atoms with van der Waals surface area (Å²) in [5.74, 6) is 0.606. The number of hydrogen-bond acceptors (Lipinski definition) is 7. The van der Waals surface area contributed by atoms with Crippen molar-refractivity contribution >= 4 is 17.8 Å². The number of benzene rings is 2. The summed E-state index contributed by atoms with van der Waals surface area (Å²) in [5.41, 5.74) is 1.93. The van der Waals surface area contributed by atoms with E-state index in [2.05, 4.69) is 4.98 Å². The Hall–Kier alpha value is -4.13. The van der Waals surface area contributed by atoms with Crippen molar-refractivity contribution < 1.29 is 28.5 Å². The molecule has 0 aliphatic carbocycles. The maximum atomic E-state index is 12.4. The van der Waals surface area contributed by atoms with Crippen LogP contribution >= 0.6 is 0 Å². The molecule has 0 amide bonds. The van der Waals surface area contributed by atoms with E-state index in [-0.39, 0.29) is 5.78 Å². The number of rotatable bonds is 10. The molecule has 1 aromatic heterocycles. The van der Waals surface area contributed by atoms with E-state index in [9.17, 15) is 9.59 Å². The maximum Gasteiger partial charge on any atom is 0.331 e. The van der Waals surface area contributed by atoms with Gasteiger partial charge in [0, 0.05) is 18.3 Å². The minimum atomic E-state index is -0.624. The van der Waals surface area contributed by atoms with Crippen LogP contribution in [0.1, 0.15) is 21.6 Å². The van der Waals surface area contributed by atoms with Crippen molar-refractivity contribution in [1.82, 2.24) is 4.98 Å². The molecule has 32 heavy (non-hydrogen) atoms. The van der Waals surface area contributed by atoms with Crippen LogP contribution < -0.4 is 14.2 Å². The van der Waals surface area contributed by atoms with Gasteiger partial charge in [0.15, 0.2) is 6.61 Å². The number of carbonyl (C=O) groups is 2. The second-order valence-electron chi connectivity index (χ2n) is 6.61. The molecule has 1 heterocycles. The zero-order valence-electron chi connectivity index (χ0n) is 17.8.